The molecule has 2 unspecified atom stereocenters. The van der Waals surface area contributed by atoms with Gasteiger partial charge in [-0.15, -0.1) is 0 Å². The molecule has 1 amide bonds. The van der Waals surface area contributed by atoms with E-state index in [0.29, 0.717) is 23.2 Å². The Labute approximate surface area is 141 Å². The molecule has 2 heterocycles. The predicted molar refractivity (Wildman–Crippen MR) is 89.0 cm³/mol. The van der Waals surface area contributed by atoms with E-state index in [1.54, 1.807) is 19.1 Å². The highest BCUT2D eigenvalue weighted by Gasteiger charge is 2.41. The Hall–Kier alpha value is -2.15. The summed E-state index contributed by atoms with van der Waals surface area (Å²) in [5, 5.41) is 20.8. The van der Waals surface area contributed by atoms with E-state index in [2.05, 4.69) is 11.9 Å². The number of carbonyl (C=O) groups is 1. The number of fused-ring (bicyclic) bond motifs is 2. The minimum absolute atomic E-state index is 0.0186. The van der Waals surface area contributed by atoms with Crippen LogP contribution in [-0.2, 0) is 6.54 Å². The quantitative estimate of drug-likeness (QED) is 0.676. The molecule has 24 heavy (non-hydrogen) atoms. The van der Waals surface area contributed by atoms with Crippen molar-refractivity contribution in [2.45, 2.75) is 57.3 Å². The lowest BCUT2D eigenvalue weighted by Crippen LogP contribution is -2.50. The molecular weight excluding hydrogens is 310 g/mol. The van der Waals surface area contributed by atoms with Crippen molar-refractivity contribution in [2.24, 2.45) is 0 Å². The van der Waals surface area contributed by atoms with Crippen molar-refractivity contribution in [3.05, 3.63) is 39.4 Å². The maximum Gasteiger partial charge on any atom is 0.407 e. The second-order valence-corrected chi connectivity index (χ2v) is 6.90. The monoisotopic (exact) mass is 333 g/mol. The van der Waals surface area contributed by atoms with Crippen LogP contribution in [0.2, 0.25) is 0 Å². The Bertz CT molecular complexity index is 649. The minimum Gasteiger partial charge on any atom is -0.465 e. The third-order valence-electron chi connectivity index (χ3n) is 5.71. The maximum absolute atomic E-state index is 11.8. The number of hydrogen-bond acceptors (Lipinski definition) is 4. The zero-order chi connectivity index (χ0) is 17.4. The van der Waals surface area contributed by atoms with E-state index in [1.807, 2.05) is 0 Å². The van der Waals surface area contributed by atoms with Crippen LogP contribution in [0.1, 0.15) is 36.8 Å². The molecule has 0 radical (unpaired) electrons. The van der Waals surface area contributed by atoms with E-state index >= 15 is 0 Å². The van der Waals surface area contributed by atoms with E-state index in [0.717, 1.165) is 25.7 Å². The number of hydrogen-bond donors (Lipinski definition) is 1. The topological polar surface area (TPSA) is 86.9 Å². The molecule has 3 rings (SSSR count). The van der Waals surface area contributed by atoms with E-state index in [9.17, 15) is 20.0 Å². The number of carboxylic acid groups (broad SMARTS) is 1. The highest BCUT2D eigenvalue weighted by atomic mass is 16.6. The molecule has 2 bridgehead atoms. The molecular formula is C17H23N3O4. The second-order valence-electron chi connectivity index (χ2n) is 6.90. The van der Waals surface area contributed by atoms with Crippen LogP contribution < -0.4 is 0 Å². The van der Waals surface area contributed by atoms with Gasteiger partial charge in [0.25, 0.3) is 5.69 Å². The fraction of sp³-hybridized carbons (Fsp3) is 0.588. The summed E-state index contributed by atoms with van der Waals surface area (Å²) in [5.74, 6) is 0. The number of rotatable bonds is 4. The zero-order valence-electron chi connectivity index (χ0n) is 14.0. The van der Waals surface area contributed by atoms with E-state index in [4.69, 9.17) is 0 Å². The van der Waals surface area contributed by atoms with Crippen LogP contribution in [0.4, 0.5) is 10.5 Å². The first-order valence-electron chi connectivity index (χ1n) is 8.33. The van der Waals surface area contributed by atoms with E-state index in [-0.39, 0.29) is 18.3 Å². The summed E-state index contributed by atoms with van der Waals surface area (Å²) >= 11 is 0. The van der Waals surface area contributed by atoms with Crippen molar-refractivity contribution in [1.29, 1.82) is 0 Å². The first kappa shape index (κ1) is 16.7. The fourth-order valence-electron chi connectivity index (χ4n) is 4.21. The third kappa shape index (κ3) is 2.96. The lowest BCUT2D eigenvalue weighted by molar-refractivity contribution is -0.385. The summed E-state index contributed by atoms with van der Waals surface area (Å²) in [6.07, 6.45) is 2.98. The highest BCUT2D eigenvalue weighted by Crippen LogP contribution is 2.37. The molecule has 0 aromatic heterocycles. The fourth-order valence-corrected chi connectivity index (χ4v) is 4.21. The smallest absolute Gasteiger partial charge is 0.407 e. The van der Waals surface area contributed by atoms with Gasteiger partial charge in [-0.05, 0) is 45.2 Å². The zero-order valence-corrected chi connectivity index (χ0v) is 14.0. The number of nitro groups is 1. The molecule has 2 aliphatic rings. The number of benzene rings is 1. The molecule has 1 aromatic rings. The van der Waals surface area contributed by atoms with Crippen molar-refractivity contribution >= 4 is 11.8 Å². The second kappa shape index (κ2) is 6.39. The van der Waals surface area contributed by atoms with Gasteiger partial charge >= 0.3 is 6.09 Å². The Kier molecular flexibility index (Phi) is 4.45. The number of nitrogens with zero attached hydrogens (tertiary/aromatic N) is 3. The highest BCUT2D eigenvalue weighted by molar-refractivity contribution is 5.66. The van der Waals surface area contributed by atoms with Gasteiger partial charge in [-0.3, -0.25) is 10.1 Å². The molecule has 0 spiro atoms. The first-order chi connectivity index (χ1) is 11.4. The van der Waals surface area contributed by atoms with Crippen molar-refractivity contribution in [3.63, 3.8) is 0 Å². The van der Waals surface area contributed by atoms with E-state index in [1.165, 1.54) is 11.0 Å². The predicted octanol–water partition coefficient (Wildman–Crippen LogP) is 3.01. The van der Waals surface area contributed by atoms with Gasteiger partial charge in [-0.25, -0.2) is 4.79 Å². The Morgan fingerprint density at radius 3 is 2.54 bits per heavy atom. The van der Waals surface area contributed by atoms with Gasteiger partial charge in [0.05, 0.1) is 4.92 Å². The number of piperidine rings is 1. The van der Waals surface area contributed by atoms with Crippen LogP contribution in [0.5, 0.6) is 0 Å². The summed E-state index contributed by atoms with van der Waals surface area (Å²) < 4.78 is 0. The van der Waals surface area contributed by atoms with Crippen molar-refractivity contribution in [2.75, 3.05) is 7.05 Å². The van der Waals surface area contributed by atoms with Gasteiger partial charge in [0.2, 0.25) is 0 Å². The minimum atomic E-state index is -0.949. The van der Waals surface area contributed by atoms with Crippen LogP contribution in [0.3, 0.4) is 0 Å². The molecule has 7 nitrogen and oxygen atoms in total. The molecule has 0 saturated carbocycles. The van der Waals surface area contributed by atoms with Gasteiger partial charge < -0.3 is 14.9 Å². The molecule has 2 fully saturated rings. The molecule has 7 heteroatoms. The lowest BCUT2D eigenvalue weighted by Gasteiger charge is -2.40. The van der Waals surface area contributed by atoms with Crippen LogP contribution in [0.15, 0.2) is 18.2 Å². The number of nitro benzene ring substituents is 1. The molecule has 1 aromatic carbocycles. The van der Waals surface area contributed by atoms with Crippen LogP contribution in [0.25, 0.3) is 0 Å². The van der Waals surface area contributed by atoms with E-state index < -0.39 is 11.0 Å². The van der Waals surface area contributed by atoms with Crippen LogP contribution >= 0.6 is 0 Å². The number of amides is 1. The molecule has 130 valence electrons. The van der Waals surface area contributed by atoms with Gasteiger partial charge in [-0.2, -0.15) is 0 Å². The van der Waals surface area contributed by atoms with Gasteiger partial charge in [-0.1, -0.05) is 12.1 Å². The van der Waals surface area contributed by atoms with Crippen molar-refractivity contribution in [3.8, 4) is 0 Å². The lowest BCUT2D eigenvalue weighted by atomic mass is 9.95. The Morgan fingerprint density at radius 1 is 1.38 bits per heavy atom. The van der Waals surface area contributed by atoms with Crippen LogP contribution in [0, 0.1) is 17.0 Å². The molecule has 1 N–H and O–H groups in total. The molecule has 2 aliphatic heterocycles. The third-order valence-corrected chi connectivity index (χ3v) is 5.71. The van der Waals surface area contributed by atoms with Crippen molar-refractivity contribution in [1.82, 2.24) is 9.80 Å². The SMILES string of the molecule is Cc1c(CN(C(=O)O)C2CC3CCC(C2)N3C)cccc1[N+](=O)[O-]. The standard InChI is InChI=1S/C17H23N3O4/c1-11-12(4-3-5-16(11)20(23)24)10-19(17(21)22)15-8-13-6-7-14(9-15)18(13)2/h3-5,13-15H,6-10H2,1-2H3,(H,21,22). The van der Waals surface area contributed by atoms with Gasteiger partial charge in [0.15, 0.2) is 0 Å². The summed E-state index contributed by atoms with van der Waals surface area (Å²) in [6, 6.07) is 5.74. The first-order valence-corrected chi connectivity index (χ1v) is 8.33. The summed E-state index contributed by atoms with van der Waals surface area (Å²) in [4.78, 5) is 26.4. The summed E-state index contributed by atoms with van der Waals surface area (Å²) in [5.41, 5.74) is 1.30. The Morgan fingerprint density at radius 2 is 2.00 bits per heavy atom. The maximum atomic E-state index is 11.8. The molecule has 2 saturated heterocycles. The van der Waals surface area contributed by atoms with Crippen LogP contribution in [-0.4, -0.2) is 51.1 Å². The average Bonchev–Trinajstić information content (AvgIpc) is 2.74. The largest absolute Gasteiger partial charge is 0.465 e. The average molecular weight is 333 g/mol. The summed E-state index contributed by atoms with van der Waals surface area (Å²) in [6.45, 7) is 1.89. The molecule has 0 aliphatic carbocycles. The van der Waals surface area contributed by atoms with Gasteiger partial charge in [0.1, 0.15) is 0 Å². The van der Waals surface area contributed by atoms with Crippen molar-refractivity contribution < 1.29 is 14.8 Å². The summed E-state index contributed by atoms with van der Waals surface area (Å²) in [7, 11) is 2.12. The molecule has 2 atom stereocenters. The normalized spacial score (nSPS) is 26.3. The Balaban J connectivity index is 1.82. The van der Waals surface area contributed by atoms with Gasteiger partial charge in [0, 0.05) is 36.3 Å².